The molecule has 0 aromatic heterocycles. The molecule has 5 nitrogen and oxygen atoms in total. The van der Waals surface area contributed by atoms with Crippen molar-refractivity contribution in [2.45, 2.75) is 44.6 Å². The number of benzene rings is 1. The summed E-state index contributed by atoms with van der Waals surface area (Å²) >= 11 is 3.41. The zero-order valence-corrected chi connectivity index (χ0v) is 15.6. The summed E-state index contributed by atoms with van der Waals surface area (Å²) in [6.07, 6.45) is 5.85. The molecule has 4 N–H and O–H groups in total. The summed E-state index contributed by atoms with van der Waals surface area (Å²) in [5.41, 5.74) is 7.08. The van der Waals surface area contributed by atoms with Crippen LogP contribution in [0.5, 0.6) is 0 Å². The van der Waals surface area contributed by atoms with Crippen molar-refractivity contribution in [1.29, 1.82) is 0 Å². The van der Waals surface area contributed by atoms with Crippen molar-refractivity contribution in [3.8, 4) is 0 Å². The fourth-order valence-corrected chi connectivity index (χ4v) is 3.50. The van der Waals surface area contributed by atoms with Gasteiger partial charge in [-0.25, -0.2) is 4.21 Å². The predicted molar refractivity (Wildman–Crippen MR) is 99.3 cm³/mol. The monoisotopic (exact) mass is 404 g/mol. The van der Waals surface area contributed by atoms with Gasteiger partial charge in [-0.15, -0.1) is 0 Å². The highest BCUT2D eigenvalue weighted by molar-refractivity contribution is 9.09. The molecule has 1 rings (SSSR count). The maximum Gasteiger partial charge on any atom is 0.320 e. The Morgan fingerprint density at radius 3 is 2.65 bits per heavy atom. The van der Waals surface area contributed by atoms with Gasteiger partial charge in [0.2, 0.25) is 0 Å². The molecule has 0 spiro atoms. The summed E-state index contributed by atoms with van der Waals surface area (Å²) in [4.78, 5) is 10.8. The van der Waals surface area contributed by atoms with E-state index in [2.05, 4.69) is 20.7 Å². The zero-order valence-electron chi connectivity index (χ0n) is 13.2. The minimum Gasteiger partial charge on any atom is -0.480 e. The first-order chi connectivity index (χ1) is 11.0. The molecular formula is C16H25BrN2O3S. The molecule has 0 aliphatic carbocycles. The first-order valence-electron chi connectivity index (χ1n) is 7.81. The maximum absolute atomic E-state index is 12.0. The van der Waals surface area contributed by atoms with Gasteiger partial charge in [-0.05, 0) is 37.0 Å². The Hall–Kier alpha value is -0.920. The summed E-state index contributed by atoms with van der Waals surface area (Å²) in [7, 11) is -1.11. The Bertz CT molecular complexity index is 514. The fourth-order valence-electron chi connectivity index (χ4n) is 2.14. The average molecular weight is 405 g/mol. The number of nitrogens with two attached hydrogens (primary N) is 1. The number of hydrogen-bond acceptors (Lipinski definition) is 3. The number of carbonyl (C=O) groups is 1. The lowest BCUT2D eigenvalue weighted by Crippen LogP contribution is -2.32. The molecule has 0 aliphatic heterocycles. The second-order valence-corrected chi connectivity index (χ2v) is 7.55. The lowest BCUT2D eigenvalue weighted by atomic mass is 10.1. The van der Waals surface area contributed by atoms with Crippen molar-refractivity contribution in [2.24, 2.45) is 5.73 Å². The van der Waals surface area contributed by atoms with Crippen LogP contribution >= 0.6 is 15.9 Å². The van der Waals surface area contributed by atoms with Crippen LogP contribution in [0.1, 0.15) is 37.7 Å². The predicted octanol–water partition coefficient (Wildman–Crippen LogP) is 3.06. The number of unbranched alkanes of at least 4 members (excludes halogenated alkanes) is 4. The molecule has 0 radical (unpaired) electrons. The highest BCUT2D eigenvalue weighted by Crippen LogP contribution is 2.13. The van der Waals surface area contributed by atoms with E-state index in [0.29, 0.717) is 5.75 Å². The van der Waals surface area contributed by atoms with E-state index in [1.165, 1.54) is 19.3 Å². The molecule has 0 aliphatic rings. The van der Waals surface area contributed by atoms with E-state index in [1.54, 1.807) is 6.07 Å². The molecule has 0 amide bonds. The Kier molecular flexibility index (Phi) is 10.1. The SMILES string of the molecule is N[C@@H](Cc1cccc(NS(=O)CCCCCCCBr)c1)C(=O)O. The molecule has 0 saturated heterocycles. The molecule has 1 aromatic rings. The average Bonchev–Trinajstić information content (AvgIpc) is 2.51. The Labute approximate surface area is 148 Å². The van der Waals surface area contributed by atoms with Crippen LogP contribution in [0.4, 0.5) is 5.69 Å². The normalized spacial score (nSPS) is 13.5. The summed E-state index contributed by atoms with van der Waals surface area (Å²) in [5, 5.41) is 9.88. The van der Waals surface area contributed by atoms with Gasteiger partial charge in [0.25, 0.3) is 0 Å². The van der Waals surface area contributed by atoms with Gasteiger partial charge in [0.15, 0.2) is 0 Å². The van der Waals surface area contributed by atoms with E-state index in [9.17, 15) is 9.00 Å². The molecule has 1 unspecified atom stereocenters. The Balaban J connectivity index is 2.35. The number of alkyl halides is 1. The number of nitrogens with one attached hydrogen (secondary N) is 1. The zero-order chi connectivity index (χ0) is 17.1. The summed E-state index contributed by atoms with van der Waals surface area (Å²) in [6, 6.07) is 6.33. The van der Waals surface area contributed by atoms with Gasteiger partial charge in [-0.2, -0.15) is 0 Å². The van der Waals surface area contributed by atoms with Gasteiger partial charge in [-0.3, -0.25) is 4.79 Å². The van der Waals surface area contributed by atoms with Crippen LogP contribution < -0.4 is 10.5 Å². The third-order valence-corrected chi connectivity index (χ3v) is 5.08. The molecule has 0 fully saturated rings. The van der Waals surface area contributed by atoms with Crippen LogP contribution in [0.25, 0.3) is 0 Å². The maximum atomic E-state index is 12.0. The summed E-state index contributed by atoms with van der Waals surface area (Å²) in [5.74, 6) is -0.403. The third kappa shape index (κ3) is 9.07. The molecule has 130 valence electrons. The van der Waals surface area contributed by atoms with Gasteiger partial charge < -0.3 is 15.6 Å². The lowest BCUT2D eigenvalue weighted by Gasteiger charge is -2.10. The highest BCUT2D eigenvalue weighted by Gasteiger charge is 2.12. The number of carboxylic acid groups (broad SMARTS) is 1. The second kappa shape index (κ2) is 11.6. The number of carboxylic acids is 1. The minimum absolute atomic E-state index is 0.255. The van der Waals surface area contributed by atoms with Crippen LogP contribution in [0, 0.1) is 0 Å². The Morgan fingerprint density at radius 2 is 1.96 bits per heavy atom. The standard InChI is InChI=1S/C16H25BrN2O3S/c17-9-4-2-1-3-5-10-23(22)19-14-8-6-7-13(11-14)12-15(18)16(20)21/h6-8,11,15,19H,1-5,9-10,12,18H2,(H,20,21)/t15-,23?/m0/s1. The first-order valence-corrected chi connectivity index (χ1v) is 10.3. The number of anilines is 1. The van der Waals surface area contributed by atoms with Crippen molar-refractivity contribution >= 4 is 38.6 Å². The van der Waals surface area contributed by atoms with Gasteiger partial charge in [-0.1, -0.05) is 47.3 Å². The van der Waals surface area contributed by atoms with Crippen molar-refractivity contribution in [2.75, 3.05) is 15.8 Å². The topological polar surface area (TPSA) is 92.4 Å². The van der Waals surface area contributed by atoms with Gasteiger partial charge in [0.1, 0.15) is 17.0 Å². The molecule has 2 atom stereocenters. The third-order valence-electron chi connectivity index (χ3n) is 3.39. The number of aliphatic carboxylic acids is 1. The number of hydrogen-bond donors (Lipinski definition) is 3. The number of halogens is 1. The van der Waals surface area contributed by atoms with Crippen LogP contribution in [0.3, 0.4) is 0 Å². The fraction of sp³-hybridized carbons (Fsp3) is 0.562. The largest absolute Gasteiger partial charge is 0.480 e. The quantitative estimate of drug-likeness (QED) is 0.368. The van der Waals surface area contributed by atoms with Gasteiger partial charge in [0, 0.05) is 16.8 Å². The van der Waals surface area contributed by atoms with Crippen molar-refractivity contribution < 1.29 is 14.1 Å². The van der Waals surface area contributed by atoms with Crippen molar-refractivity contribution in [1.82, 2.24) is 0 Å². The van der Waals surface area contributed by atoms with Gasteiger partial charge >= 0.3 is 5.97 Å². The summed E-state index contributed by atoms with van der Waals surface area (Å²) in [6.45, 7) is 0. The second-order valence-electron chi connectivity index (χ2n) is 5.46. The van der Waals surface area contributed by atoms with E-state index in [0.717, 1.165) is 29.4 Å². The molecule has 23 heavy (non-hydrogen) atoms. The van der Waals surface area contributed by atoms with Crippen LogP contribution in [-0.4, -0.2) is 32.4 Å². The smallest absolute Gasteiger partial charge is 0.320 e. The van der Waals surface area contributed by atoms with Crippen LogP contribution in [0.2, 0.25) is 0 Å². The summed E-state index contributed by atoms with van der Waals surface area (Å²) < 4.78 is 15.0. The van der Waals surface area contributed by atoms with Crippen LogP contribution in [0.15, 0.2) is 24.3 Å². The Morgan fingerprint density at radius 1 is 1.26 bits per heavy atom. The van der Waals surface area contributed by atoms with Crippen LogP contribution in [-0.2, 0) is 22.2 Å². The van der Waals surface area contributed by atoms with Crippen molar-refractivity contribution in [3.05, 3.63) is 29.8 Å². The van der Waals surface area contributed by atoms with E-state index in [-0.39, 0.29) is 6.42 Å². The van der Waals surface area contributed by atoms with Crippen molar-refractivity contribution in [3.63, 3.8) is 0 Å². The minimum atomic E-state index is -1.11. The van der Waals surface area contributed by atoms with E-state index < -0.39 is 23.0 Å². The molecule has 7 heteroatoms. The molecule has 0 saturated carbocycles. The molecule has 1 aromatic carbocycles. The van der Waals surface area contributed by atoms with E-state index in [4.69, 9.17) is 10.8 Å². The highest BCUT2D eigenvalue weighted by atomic mass is 79.9. The molecule has 0 bridgehead atoms. The number of rotatable bonds is 12. The lowest BCUT2D eigenvalue weighted by molar-refractivity contribution is -0.138. The molecule has 0 heterocycles. The van der Waals surface area contributed by atoms with E-state index >= 15 is 0 Å². The molecular weight excluding hydrogens is 380 g/mol. The van der Waals surface area contributed by atoms with E-state index in [1.807, 2.05) is 18.2 Å². The first kappa shape index (κ1) is 20.1. The van der Waals surface area contributed by atoms with Gasteiger partial charge in [0.05, 0.1) is 0 Å².